The molecule has 0 amide bonds. The van der Waals surface area contributed by atoms with Crippen LogP contribution in [0.5, 0.6) is 11.5 Å². The molecule has 24 heavy (non-hydrogen) atoms. The number of nitrogens with zero attached hydrogens (tertiary/aromatic N) is 1. The molecule has 0 saturated carbocycles. The van der Waals surface area contributed by atoms with Crippen LogP contribution in [-0.4, -0.2) is 17.6 Å². The highest BCUT2D eigenvalue weighted by molar-refractivity contribution is 6.35. The maximum absolute atomic E-state index is 12.8. The van der Waals surface area contributed by atoms with Crippen LogP contribution in [0.3, 0.4) is 0 Å². The molecule has 1 aromatic heterocycles. The molecule has 0 N–H and O–H groups in total. The first kappa shape index (κ1) is 14.8. The van der Waals surface area contributed by atoms with Gasteiger partial charge in [-0.1, -0.05) is 23.7 Å². The molecule has 0 fully saturated rings. The van der Waals surface area contributed by atoms with E-state index in [9.17, 15) is 4.79 Å². The molecule has 0 aliphatic carbocycles. The lowest BCUT2D eigenvalue weighted by molar-refractivity contribution is 0.101. The molecule has 3 aromatic rings. The van der Waals surface area contributed by atoms with E-state index < -0.39 is 0 Å². The average molecular weight is 342 g/mol. The predicted molar refractivity (Wildman–Crippen MR) is 87.7 cm³/mol. The SMILES string of the molecule is Cc1nc(-c2ccc3c(c2)OCO3)c(C(=O)c2ccccc2Cl)o1. The van der Waals surface area contributed by atoms with Crippen LogP contribution in [0.2, 0.25) is 5.02 Å². The number of aromatic nitrogens is 1. The van der Waals surface area contributed by atoms with Crippen LogP contribution in [0.25, 0.3) is 11.3 Å². The van der Waals surface area contributed by atoms with Crippen molar-refractivity contribution in [1.82, 2.24) is 4.98 Å². The number of hydrogen-bond donors (Lipinski definition) is 0. The predicted octanol–water partition coefficient (Wildman–Crippen LogP) is 4.26. The number of rotatable bonds is 3. The molecule has 6 heteroatoms. The lowest BCUT2D eigenvalue weighted by atomic mass is 10.0. The number of carbonyl (C=O) groups is 1. The van der Waals surface area contributed by atoms with Gasteiger partial charge in [-0.3, -0.25) is 4.79 Å². The largest absolute Gasteiger partial charge is 0.454 e. The van der Waals surface area contributed by atoms with Crippen molar-refractivity contribution >= 4 is 17.4 Å². The van der Waals surface area contributed by atoms with E-state index >= 15 is 0 Å². The second kappa shape index (κ2) is 5.69. The molecule has 0 saturated heterocycles. The van der Waals surface area contributed by atoms with Gasteiger partial charge in [0, 0.05) is 18.1 Å². The van der Waals surface area contributed by atoms with E-state index in [2.05, 4.69) is 4.98 Å². The minimum Gasteiger partial charge on any atom is -0.454 e. The Labute approximate surface area is 142 Å². The van der Waals surface area contributed by atoms with Crippen LogP contribution in [0.15, 0.2) is 46.9 Å². The summed E-state index contributed by atoms with van der Waals surface area (Å²) in [4.78, 5) is 17.2. The monoisotopic (exact) mass is 341 g/mol. The Morgan fingerprint density at radius 1 is 1.12 bits per heavy atom. The molecule has 0 atom stereocenters. The summed E-state index contributed by atoms with van der Waals surface area (Å²) in [6.07, 6.45) is 0. The fraction of sp³-hybridized carbons (Fsp3) is 0.111. The number of fused-ring (bicyclic) bond motifs is 1. The van der Waals surface area contributed by atoms with Gasteiger partial charge in [0.15, 0.2) is 17.4 Å². The van der Waals surface area contributed by atoms with Crippen molar-refractivity contribution in [2.24, 2.45) is 0 Å². The molecule has 1 aliphatic rings. The van der Waals surface area contributed by atoms with E-state index in [1.807, 2.05) is 6.07 Å². The number of oxazole rings is 1. The third-order valence-electron chi connectivity index (χ3n) is 3.70. The molecule has 5 nitrogen and oxygen atoms in total. The Balaban J connectivity index is 1.81. The molecule has 4 rings (SSSR count). The molecular formula is C18H12ClNO4. The number of aryl methyl sites for hydroxylation is 1. The Hall–Kier alpha value is -2.79. The highest BCUT2D eigenvalue weighted by Gasteiger charge is 2.24. The third kappa shape index (κ3) is 2.43. The second-order valence-electron chi connectivity index (χ2n) is 5.29. The van der Waals surface area contributed by atoms with Gasteiger partial charge in [-0.15, -0.1) is 0 Å². The van der Waals surface area contributed by atoms with Crippen molar-refractivity contribution < 1.29 is 18.7 Å². The first-order valence-corrected chi connectivity index (χ1v) is 7.68. The van der Waals surface area contributed by atoms with Crippen molar-refractivity contribution in [3.63, 3.8) is 0 Å². The van der Waals surface area contributed by atoms with Gasteiger partial charge >= 0.3 is 0 Å². The van der Waals surface area contributed by atoms with Crippen molar-refractivity contribution in [2.45, 2.75) is 6.92 Å². The molecule has 0 radical (unpaired) electrons. The first-order valence-electron chi connectivity index (χ1n) is 7.30. The summed E-state index contributed by atoms with van der Waals surface area (Å²) in [5, 5.41) is 0.369. The van der Waals surface area contributed by atoms with E-state index in [0.717, 1.165) is 0 Å². The molecule has 2 heterocycles. The van der Waals surface area contributed by atoms with E-state index in [1.165, 1.54) is 0 Å². The van der Waals surface area contributed by atoms with E-state index in [1.54, 1.807) is 43.3 Å². The molecule has 0 unspecified atom stereocenters. The van der Waals surface area contributed by atoms with E-state index in [4.69, 9.17) is 25.5 Å². The molecule has 0 spiro atoms. The maximum Gasteiger partial charge on any atom is 0.232 e. The van der Waals surface area contributed by atoms with Gasteiger partial charge in [0.25, 0.3) is 0 Å². The van der Waals surface area contributed by atoms with Gasteiger partial charge in [0.1, 0.15) is 5.69 Å². The topological polar surface area (TPSA) is 61.6 Å². The zero-order valence-corrected chi connectivity index (χ0v) is 13.5. The smallest absolute Gasteiger partial charge is 0.232 e. The van der Waals surface area contributed by atoms with Gasteiger partial charge in [-0.25, -0.2) is 4.98 Å². The number of carbonyl (C=O) groups excluding carboxylic acids is 1. The fourth-order valence-corrected chi connectivity index (χ4v) is 2.81. The quantitative estimate of drug-likeness (QED) is 0.666. The highest BCUT2D eigenvalue weighted by Crippen LogP contribution is 2.37. The van der Waals surface area contributed by atoms with Gasteiger partial charge < -0.3 is 13.9 Å². The van der Waals surface area contributed by atoms with Crippen LogP contribution in [0.4, 0.5) is 0 Å². The lowest BCUT2D eigenvalue weighted by Crippen LogP contribution is -2.02. The summed E-state index contributed by atoms with van der Waals surface area (Å²) in [6.45, 7) is 1.88. The summed E-state index contributed by atoms with van der Waals surface area (Å²) in [5.41, 5.74) is 1.54. The Morgan fingerprint density at radius 3 is 2.75 bits per heavy atom. The Morgan fingerprint density at radius 2 is 1.92 bits per heavy atom. The second-order valence-corrected chi connectivity index (χ2v) is 5.69. The van der Waals surface area contributed by atoms with Crippen LogP contribution >= 0.6 is 11.6 Å². The molecule has 0 bridgehead atoms. The highest BCUT2D eigenvalue weighted by atomic mass is 35.5. The molecule has 1 aliphatic heterocycles. The molecule has 120 valence electrons. The number of ether oxygens (including phenoxy) is 2. The first-order chi connectivity index (χ1) is 11.6. The van der Waals surface area contributed by atoms with Crippen LogP contribution in [0.1, 0.15) is 22.0 Å². The lowest BCUT2D eigenvalue weighted by Gasteiger charge is -2.04. The van der Waals surface area contributed by atoms with Crippen LogP contribution < -0.4 is 9.47 Å². The van der Waals surface area contributed by atoms with Gasteiger partial charge in [-0.2, -0.15) is 0 Å². The minimum atomic E-state index is -0.311. The van der Waals surface area contributed by atoms with E-state index in [-0.39, 0.29) is 18.3 Å². The zero-order valence-electron chi connectivity index (χ0n) is 12.7. The van der Waals surface area contributed by atoms with E-state index in [0.29, 0.717) is 39.2 Å². The summed E-state index contributed by atoms with van der Waals surface area (Å²) in [7, 11) is 0. The molecule has 2 aromatic carbocycles. The van der Waals surface area contributed by atoms with Crippen LogP contribution in [0, 0.1) is 6.92 Å². The third-order valence-corrected chi connectivity index (χ3v) is 4.03. The Bertz CT molecular complexity index is 948. The minimum absolute atomic E-state index is 0.152. The average Bonchev–Trinajstić information content (AvgIpc) is 3.20. The summed E-state index contributed by atoms with van der Waals surface area (Å²) in [5.74, 6) is 1.52. The molecular weight excluding hydrogens is 330 g/mol. The van der Waals surface area contributed by atoms with Crippen molar-refractivity contribution in [2.75, 3.05) is 6.79 Å². The van der Waals surface area contributed by atoms with Crippen LogP contribution in [-0.2, 0) is 0 Å². The van der Waals surface area contributed by atoms with Gasteiger partial charge in [-0.05, 0) is 30.3 Å². The number of halogens is 1. The summed E-state index contributed by atoms with van der Waals surface area (Å²) >= 11 is 6.13. The maximum atomic E-state index is 12.8. The standard InChI is InChI=1S/C18H12ClNO4/c1-10-20-16(11-6-7-14-15(8-11)23-9-22-14)18(24-10)17(21)12-4-2-3-5-13(12)19/h2-8H,9H2,1H3. The van der Waals surface area contributed by atoms with Gasteiger partial charge in [0.05, 0.1) is 5.02 Å². The number of benzene rings is 2. The van der Waals surface area contributed by atoms with Crippen molar-refractivity contribution in [1.29, 1.82) is 0 Å². The fourth-order valence-electron chi connectivity index (χ4n) is 2.59. The number of hydrogen-bond acceptors (Lipinski definition) is 5. The summed E-state index contributed by atoms with van der Waals surface area (Å²) < 4.78 is 16.3. The normalized spacial score (nSPS) is 12.4. The van der Waals surface area contributed by atoms with Gasteiger partial charge in [0.2, 0.25) is 18.3 Å². The van der Waals surface area contributed by atoms with Crippen molar-refractivity contribution in [3.8, 4) is 22.8 Å². The van der Waals surface area contributed by atoms with Crippen molar-refractivity contribution in [3.05, 3.63) is 64.7 Å². The Kier molecular flexibility index (Phi) is 3.50. The number of ketones is 1. The zero-order chi connectivity index (χ0) is 16.7. The summed E-state index contributed by atoms with van der Waals surface area (Å²) in [6, 6.07) is 12.2.